The SMILES string of the molecule is CCNS(=O)(=O)c1ccc(NCC2(CC)CCCC2)cc1. The predicted octanol–water partition coefficient (Wildman–Crippen LogP) is 3.37. The number of rotatable bonds is 7. The molecule has 1 aliphatic rings. The van der Waals surface area contributed by atoms with Gasteiger partial charge in [0.05, 0.1) is 4.90 Å². The smallest absolute Gasteiger partial charge is 0.240 e. The van der Waals surface area contributed by atoms with Crippen LogP contribution in [0.25, 0.3) is 0 Å². The van der Waals surface area contributed by atoms with E-state index in [4.69, 9.17) is 0 Å². The number of anilines is 1. The Morgan fingerprint density at radius 3 is 2.24 bits per heavy atom. The number of nitrogens with one attached hydrogen (secondary N) is 2. The van der Waals surface area contributed by atoms with Gasteiger partial charge in [-0.25, -0.2) is 13.1 Å². The van der Waals surface area contributed by atoms with Gasteiger partial charge in [-0.15, -0.1) is 0 Å². The first-order chi connectivity index (χ1) is 10.0. The summed E-state index contributed by atoms with van der Waals surface area (Å²) in [6.45, 7) is 5.42. The minimum Gasteiger partial charge on any atom is -0.384 e. The Balaban J connectivity index is 2.00. The van der Waals surface area contributed by atoms with Gasteiger partial charge in [-0.05, 0) is 48.9 Å². The summed E-state index contributed by atoms with van der Waals surface area (Å²) in [6, 6.07) is 7.02. The van der Waals surface area contributed by atoms with Crippen LogP contribution in [-0.2, 0) is 10.0 Å². The van der Waals surface area contributed by atoms with Crippen molar-refractivity contribution in [2.24, 2.45) is 5.41 Å². The Hall–Kier alpha value is -1.07. The topological polar surface area (TPSA) is 58.2 Å². The van der Waals surface area contributed by atoms with Gasteiger partial charge in [-0.2, -0.15) is 0 Å². The van der Waals surface area contributed by atoms with E-state index < -0.39 is 10.0 Å². The molecule has 0 aromatic heterocycles. The molecule has 0 aliphatic heterocycles. The van der Waals surface area contributed by atoms with Gasteiger partial charge in [0.1, 0.15) is 0 Å². The second-order valence-electron chi connectivity index (χ2n) is 5.94. The summed E-state index contributed by atoms with van der Waals surface area (Å²) in [5, 5.41) is 3.47. The summed E-state index contributed by atoms with van der Waals surface area (Å²) in [6.07, 6.45) is 6.45. The van der Waals surface area contributed by atoms with Crippen LogP contribution in [0.4, 0.5) is 5.69 Å². The van der Waals surface area contributed by atoms with Crippen LogP contribution in [0.3, 0.4) is 0 Å². The molecule has 1 aromatic carbocycles. The van der Waals surface area contributed by atoms with Crippen LogP contribution in [0.5, 0.6) is 0 Å². The molecule has 5 heteroatoms. The molecule has 0 bridgehead atoms. The van der Waals surface area contributed by atoms with Gasteiger partial charge in [0.2, 0.25) is 10.0 Å². The van der Waals surface area contributed by atoms with Gasteiger partial charge < -0.3 is 5.32 Å². The van der Waals surface area contributed by atoms with Crippen LogP contribution < -0.4 is 10.0 Å². The molecular weight excluding hydrogens is 284 g/mol. The first-order valence-corrected chi connectivity index (χ1v) is 9.33. The zero-order valence-corrected chi connectivity index (χ0v) is 13.8. The Bertz CT molecular complexity index is 546. The molecule has 0 saturated heterocycles. The Morgan fingerprint density at radius 1 is 1.10 bits per heavy atom. The summed E-state index contributed by atoms with van der Waals surface area (Å²) in [7, 11) is -3.35. The molecule has 0 unspecified atom stereocenters. The van der Waals surface area contributed by atoms with Crippen molar-refractivity contribution in [2.45, 2.75) is 50.8 Å². The normalized spacial score (nSPS) is 17.8. The van der Waals surface area contributed by atoms with Crippen LogP contribution in [0.1, 0.15) is 46.0 Å². The third kappa shape index (κ3) is 3.98. The lowest BCUT2D eigenvalue weighted by molar-refractivity contribution is 0.307. The fourth-order valence-electron chi connectivity index (χ4n) is 3.10. The molecule has 0 spiro atoms. The van der Waals surface area contributed by atoms with Crippen molar-refractivity contribution in [1.82, 2.24) is 4.72 Å². The van der Waals surface area contributed by atoms with Crippen LogP contribution in [0.15, 0.2) is 29.2 Å². The van der Waals surface area contributed by atoms with Gasteiger partial charge in [-0.1, -0.05) is 26.7 Å². The maximum absolute atomic E-state index is 11.9. The quantitative estimate of drug-likeness (QED) is 0.812. The van der Waals surface area contributed by atoms with Crippen molar-refractivity contribution in [3.05, 3.63) is 24.3 Å². The molecule has 0 heterocycles. The standard InChI is InChI=1S/C16H26N2O2S/c1-3-16(11-5-6-12-16)13-17-14-7-9-15(10-8-14)21(19,20)18-4-2/h7-10,17-18H,3-6,11-13H2,1-2H3. The minimum atomic E-state index is -3.35. The van der Waals surface area contributed by atoms with Crippen LogP contribution in [-0.4, -0.2) is 21.5 Å². The molecule has 118 valence electrons. The third-order valence-electron chi connectivity index (χ3n) is 4.58. The molecule has 2 rings (SSSR count). The van der Waals surface area contributed by atoms with Crippen molar-refractivity contribution in [3.63, 3.8) is 0 Å². The summed E-state index contributed by atoms with van der Waals surface area (Å²) in [5.41, 5.74) is 1.42. The van der Waals surface area contributed by atoms with Crippen molar-refractivity contribution in [1.29, 1.82) is 0 Å². The lowest BCUT2D eigenvalue weighted by Gasteiger charge is -2.28. The van der Waals surface area contributed by atoms with E-state index >= 15 is 0 Å². The van der Waals surface area contributed by atoms with E-state index in [1.807, 2.05) is 12.1 Å². The fraction of sp³-hybridized carbons (Fsp3) is 0.625. The molecule has 0 radical (unpaired) electrons. The average molecular weight is 310 g/mol. The summed E-state index contributed by atoms with van der Waals surface area (Å²) in [4.78, 5) is 0.320. The second-order valence-corrected chi connectivity index (χ2v) is 7.71. The molecule has 0 amide bonds. The van der Waals surface area contributed by atoms with Crippen molar-refractivity contribution < 1.29 is 8.42 Å². The van der Waals surface area contributed by atoms with E-state index in [0.717, 1.165) is 12.2 Å². The highest BCUT2D eigenvalue weighted by Crippen LogP contribution is 2.40. The van der Waals surface area contributed by atoms with Gasteiger partial charge >= 0.3 is 0 Å². The lowest BCUT2D eigenvalue weighted by Crippen LogP contribution is -2.26. The number of sulfonamides is 1. The van der Waals surface area contributed by atoms with E-state index in [1.54, 1.807) is 19.1 Å². The van der Waals surface area contributed by atoms with E-state index in [1.165, 1.54) is 32.1 Å². The Labute approximate surface area is 128 Å². The highest BCUT2D eigenvalue weighted by atomic mass is 32.2. The first kappa shape index (κ1) is 16.3. The average Bonchev–Trinajstić information content (AvgIpc) is 2.95. The highest BCUT2D eigenvalue weighted by Gasteiger charge is 2.31. The monoisotopic (exact) mass is 310 g/mol. The second kappa shape index (κ2) is 6.79. The third-order valence-corrected chi connectivity index (χ3v) is 6.14. The molecule has 1 aromatic rings. The molecule has 2 N–H and O–H groups in total. The molecular formula is C16H26N2O2S. The van der Waals surface area contributed by atoms with E-state index in [9.17, 15) is 8.42 Å². The maximum atomic E-state index is 11.9. The summed E-state index contributed by atoms with van der Waals surface area (Å²) >= 11 is 0. The summed E-state index contributed by atoms with van der Waals surface area (Å²) in [5.74, 6) is 0. The molecule has 0 atom stereocenters. The number of hydrogen-bond acceptors (Lipinski definition) is 3. The first-order valence-electron chi connectivity index (χ1n) is 7.85. The molecule has 1 aliphatic carbocycles. The van der Waals surface area contributed by atoms with E-state index in [0.29, 0.717) is 16.9 Å². The van der Waals surface area contributed by atoms with Crippen LogP contribution in [0.2, 0.25) is 0 Å². The lowest BCUT2D eigenvalue weighted by atomic mass is 9.83. The number of hydrogen-bond donors (Lipinski definition) is 2. The largest absolute Gasteiger partial charge is 0.384 e. The molecule has 1 saturated carbocycles. The van der Waals surface area contributed by atoms with Crippen LogP contribution in [0, 0.1) is 5.41 Å². The van der Waals surface area contributed by atoms with Crippen molar-refractivity contribution in [3.8, 4) is 0 Å². The highest BCUT2D eigenvalue weighted by molar-refractivity contribution is 7.89. The predicted molar refractivity (Wildman–Crippen MR) is 87.0 cm³/mol. The van der Waals surface area contributed by atoms with Gasteiger partial charge in [0.25, 0.3) is 0 Å². The van der Waals surface area contributed by atoms with Gasteiger partial charge in [-0.3, -0.25) is 0 Å². The fourth-order valence-corrected chi connectivity index (χ4v) is 4.14. The van der Waals surface area contributed by atoms with Gasteiger partial charge in [0, 0.05) is 18.8 Å². The maximum Gasteiger partial charge on any atom is 0.240 e. The Morgan fingerprint density at radius 2 is 1.71 bits per heavy atom. The zero-order chi connectivity index (χ0) is 15.3. The number of benzene rings is 1. The summed E-state index contributed by atoms with van der Waals surface area (Å²) < 4.78 is 26.3. The molecule has 1 fully saturated rings. The van der Waals surface area contributed by atoms with E-state index in [-0.39, 0.29) is 0 Å². The van der Waals surface area contributed by atoms with Gasteiger partial charge in [0.15, 0.2) is 0 Å². The van der Waals surface area contributed by atoms with Crippen molar-refractivity contribution >= 4 is 15.7 Å². The van der Waals surface area contributed by atoms with Crippen LogP contribution >= 0.6 is 0 Å². The molecule has 4 nitrogen and oxygen atoms in total. The molecule has 21 heavy (non-hydrogen) atoms. The van der Waals surface area contributed by atoms with E-state index in [2.05, 4.69) is 17.0 Å². The zero-order valence-electron chi connectivity index (χ0n) is 13.0. The Kier molecular flexibility index (Phi) is 5.27. The minimum absolute atomic E-state index is 0.320. The van der Waals surface area contributed by atoms with Crippen molar-refractivity contribution in [2.75, 3.05) is 18.4 Å².